The van der Waals surface area contributed by atoms with Gasteiger partial charge in [0.2, 0.25) is 0 Å². The van der Waals surface area contributed by atoms with Crippen molar-refractivity contribution in [1.29, 1.82) is 0 Å². The van der Waals surface area contributed by atoms with Crippen molar-refractivity contribution in [3.8, 4) is 0 Å². The van der Waals surface area contributed by atoms with Gasteiger partial charge in [0, 0.05) is 37.7 Å². The summed E-state index contributed by atoms with van der Waals surface area (Å²) in [6, 6.07) is 5.94. The Labute approximate surface area is 157 Å². The average molecular weight is 365 g/mol. The quantitative estimate of drug-likeness (QED) is 0.710. The topological polar surface area (TPSA) is 81.2 Å². The lowest BCUT2D eigenvalue weighted by Crippen LogP contribution is -2.38. The smallest absolute Gasteiger partial charge is 0.274 e. The van der Waals surface area contributed by atoms with E-state index in [1.54, 1.807) is 4.68 Å². The van der Waals surface area contributed by atoms with Gasteiger partial charge in [-0.25, -0.2) is 0 Å². The Morgan fingerprint density at radius 3 is 2.48 bits per heavy atom. The third kappa shape index (κ3) is 2.89. The van der Waals surface area contributed by atoms with Crippen LogP contribution >= 0.6 is 0 Å². The van der Waals surface area contributed by atoms with Gasteiger partial charge >= 0.3 is 0 Å². The van der Waals surface area contributed by atoms with E-state index < -0.39 is 0 Å². The highest BCUT2D eigenvalue weighted by molar-refractivity contribution is 5.92. The Morgan fingerprint density at radius 2 is 1.81 bits per heavy atom. The molecule has 27 heavy (non-hydrogen) atoms. The summed E-state index contributed by atoms with van der Waals surface area (Å²) in [4.78, 5) is 14.6. The molecule has 1 saturated carbocycles. The second-order valence-corrected chi connectivity index (χ2v) is 7.72. The number of carbonyl (C=O) groups excluding carboxylic acids is 1. The van der Waals surface area contributed by atoms with E-state index in [4.69, 9.17) is 5.10 Å². The third-order valence-electron chi connectivity index (χ3n) is 5.78. The van der Waals surface area contributed by atoms with Crippen molar-refractivity contribution in [2.45, 2.75) is 44.4 Å². The first kappa shape index (κ1) is 16.4. The number of aromatic nitrogens is 6. The molecule has 0 unspecified atom stereocenters. The van der Waals surface area contributed by atoms with Gasteiger partial charge in [0.05, 0.1) is 5.69 Å². The summed E-state index contributed by atoms with van der Waals surface area (Å²) in [7, 11) is 1.86. The van der Waals surface area contributed by atoms with Gasteiger partial charge in [-0.05, 0) is 50.8 Å². The first-order chi connectivity index (χ1) is 13.1. The molecule has 1 saturated heterocycles. The first-order valence-electron chi connectivity index (χ1n) is 9.62. The maximum atomic E-state index is 12.7. The summed E-state index contributed by atoms with van der Waals surface area (Å²) in [5.41, 5.74) is 3.45. The van der Waals surface area contributed by atoms with E-state index in [2.05, 4.69) is 21.4 Å². The molecule has 5 rings (SSSR count). The largest absolute Gasteiger partial charge is 0.337 e. The zero-order valence-electron chi connectivity index (χ0n) is 15.7. The van der Waals surface area contributed by atoms with E-state index in [0.717, 1.165) is 35.7 Å². The molecule has 0 aromatic carbocycles. The highest BCUT2D eigenvalue weighted by atomic mass is 16.2. The number of hydrogen-bond acceptors (Lipinski definition) is 5. The number of amides is 1. The molecule has 1 aliphatic heterocycles. The van der Waals surface area contributed by atoms with Crippen LogP contribution in [0, 0.1) is 6.92 Å². The molecule has 0 radical (unpaired) electrons. The molecule has 0 atom stereocenters. The van der Waals surface area contributed by atoms with Gasteiger partial charge in [0.25, 0.3) is 5.91 Å². The summed E-state index contributed by atoms with van der Waals surface area (Å²) in [5.74, 6) is 1.81. The lowest BCUT2D eigenvalue weighted by Gasteiger charge is -2.30. The fourth-order valence-corrected chi connectivity index (χ4v) is 3.84. The van der Waals surface area contributed by atoms with E-state index in [1.807, 2.05) is 35.5 Å². The maximum Gasteiger partial charge on any atom is 0.274 e. The predicted molar refractivity (Wildman–Crippen MR) is 98.6 cm³/mol. The highest BCUT2D eigenvalue weighted by Gasteiger charge is 2.30. The van der Waals surface area contributed by atoms with Crippen LogP contribution < -0.4 is 0 Å². The first-order valence-corrected chi connectivity index (χ1v) is 9.62. The van der Waals surface area contributed by atoms with Gasteiger partial charge < -0.3 is 4.90 Å². The second-order valence-electron chi connectivity index (χ2n) is 7.72. The summed E-state index contributed by atoms with van der Waals surface area (Å²) in [6.07, 6.45) is 4.19. The molecule has 8 heteroatoms. The number of nitrogens with zero attached hydrogens (tertiary/aromatic N) is 7. The van der Waals surface area contributed by atoms with Crippen molar-refractivity contribution in [3.05, 3.63) is 41.1 Å². The van der Waals surface area contributed by atoms with Gasteiger partial charge in [-0.3, -0.25) is 9.48 Å². The van der Waals surface area contributed by atoms with E-state index in [-0.39, 0.29) is 11.8 Å². The Kier molecular flexibility index (Phi) is 3.73. The highest BCUT2D eigenvalue weighted by Crippen LogP contribution is 2.39. The van der Waals surface area contributed by atoms with Crippen LogP contribution in [0.15, 0.2) is 18.2 Å². The molecule has 8 nitrogen and oxygen atoms in total. The molecule has 0 N–H and O–H groups in total. The molecule has 140 valence electrons. The Balaban J connectivity index is 1.32. The van der Waals surface area contributed by atoms with Crippen molar-refractivity contribution >= 4 is 11.6 Å². The minimum atomic E-state index is 0.0115. The van der Waals surface area contributed by atoms with Gasteiger partial charge in [0.15, 0.2) is 17.2 Å². The van der Waals surface area contributed by atoms with Crippen molar-refractivity contribution < 1.29 is 4.79 Å². The summed E-state index contributed by atoms with van der Waals surface area (Å²) in [5, 5.41) is 17.8. The lowest BCUT2D eigenvalue weighted by atomic mass is 9.96. The van der Waals surface area contributed by atoms with E-state index in [9.17, 15) is 4.79 Å². The fraction of sp³-hybridized carbons (Fsp3) is 0.526. The normalized spacial score (nSPS) is 18.4. The third-order valence-corrected chi connectivity index (χ3v) is 5.78. The van der Waals surface area contributed by atoms with Crippen LogP contribution in [0.25, 0.3) is 5.65 Å². The van der Waals surface area contributed by atoms with Crippen LogP contribution in [0.4, 0.5) is 0 Å². The van der Waals surface area contributed by atoms with Gasteiger partial charge in [-0.2, -0.15) is 14.7 Å². The molecular weight excluding hydrogens is 342 g/mol. The number of hydrogen-bond donors (Lipinski definition) is 0. The van der Waals surface area contributed by atoms with E-state index >= 15 is 0 Å². The van der Waals surface area contributed by atoms with Crippen LogP contribution in [-0.2, 0) is 7.05 Å². The second kappa shape index (κ2) is 6.14. The Hall–Kier alpha value is -2.77. The number of piperidine rings is 1. The monoisotopic (exact) mass is 365 g/mol. The van der Waals surface area contributed by atoms with Crippen LogP contribution in [0.5, 0.6) is 0 Å². The number of aryl methyl sites for hydroxylation is 2. The van der Waals surface area contributed by atoms with Crippen LogP contribution in [0.1, 0.15) is 65.2 Å². The van der Waals surface area contributed by atoms with Gasteiger partial charge in [-0.15, -0.1) is 10.2 Å². The zero-order chi connectivity index (χ0) is 18.5. The van der Waals surface area contributed by atoms with Gasteiger partial charge in [0.1, 0.15) is 0 Å². The van der Waals surface area contributed by atoms with E-state index in [0.29, 0.717) is 24.7 Å². The summed E-state index contributed by atoms with van der Waals surface area (Å²) >= 11 is 0. The van der Waals surface area contributed by atoms with Gasteiger partial charge in [-0.1, -0.05) is 0 Å². The van der Waals surface area contributed by atoms with Crippen molar-refractivity contribution in [2.24, 2.45) is 7.05 Å². The SMILES string of the molecule is Cc1cc(C(=O)N2CCC(c3nnc4ccc(C5CC5)nn34)CC2)nn1C. The fourth-order valence-electron chi connectivity index (χ4n) is 3.84. The minimum absolute atomic E-state index is 0.0115. The Bertz CT molecular complexity index is 989. The molecule has 3 aromatic heterocycles. The molecule has 2 fully saturated rings. The Morgan fingerprint density at radius 1 is 1.04 bits per heavy atom. The lowest BCUT2D eigenvalue weighted by molar-refractivity contribution is 0.0704. The number of likely N-dealkylation sites (tertiary alicyclic amines) is 1. The number of fused-ring (bicyclic) bond motifs is 1. The number of carbonyl (C=O) groups is 1. The standard InChI is InChI=1S/C19H23N7O/c1-12-11-16(22-24(12)2)19(27)25-9-7-14(8-10-25)18-21-20-17-6-5-15(13-3-4-13)23-26(17)18/h5-6,11,13-14H,3-4,7-10H2,1-2H3. The van der Waals surface area contributed by atoms with Crippen molar-refractivity contribution in [3.63, 3.8) is 0 Å². The summed E-state index contributed by atoms with van der Waals surface area (Å²) in [6.45, 7) is 3.36. The van der Waals surface area contributed by atoms with E-state index in [1.165, 1.54) is 12.8 Å². The molecular formula is C19H23N7O. The van der Waals surface area contributed by atoms with Crippen LogP contribution in [-0.4, -0.2) is 53.5 Å². The summed E-state index contributed by atoms with van der Waals surface area (Å²) < 4.78 is 3.66. The minimum Gasteiger partial charge on any atom is -0.337 e. The molecule has 3 aromatic rings. The molecule has 1 amide bonds. The molecule has 4 heterocycles. The molecule has 0 spiro atoms. The molecule has 2 aliphatic rings. The number of rotatable bonds is 3. The maximum absolute atomic E-state index is 12.7. The van der Waals surface area contributed by atoms with Crippen molar-refractivity contribution in [1.82, 2.24) is 34.5 Å². The zero-order valence-corrected chi connectivity index (χ0v) is 15.7. The molecule has 0 bridgehead atoms. The average Bonchev–Trinajstić information content (AvgIpc) is 3.37. The predicted octanol–water partition coefficient (Wildman–Crippen LogP) is 2.06. The van der Waals surface area contributed by atoms with Crippen LogP contribution in [0.2, 0.25) is 0 Å². The molecule has 1 aliphatic carbocycles. The van der Waals surface area contributed by atoms with Crippen LogP contribution in [0.3, 0.4) is 0 Å². The van der Waals surface area contributed by atoms with Crippen molar-refractivity contribution in [2.75, 3.05) is 13.1 Å².